The molecule has 0 aromatic heterocycles. The normalized spacial score (nSPS) is 14.0. The maximum absolute atomic E-state index is 12.9. The van der Waals surface area contributed by atoms with E-state index in [1.54, 1.807) is 0 Å². The van der Waals surface area contributed by atoms with Gasteiger partial charge in [0.15, 0.2) is 0 Å². The molecule has 0 bridgehead atoms. The van der Waals surface area contributed by atoms with Gasteiger partial charge in [-0.25, -0.2) is 0 Å². The molecule has 0 unspecified atom stereocenters. The molecule has 0 radical (unpaired) electrons. The minimum Gasteiger partial charge on any atom is -0.508 e. The van der Waals surface area contributed by atoms with Gasteiger partial charge in [0.25, 0.3) is 0 Å². The highest BCUT2D eigenvalue weighted by atomic mass is 19.4. The average molecular weight is 351 g/mol. The van der Waals surface area contributed by atoms with Crippen molar-refractivity contribution in [2.75, 3.05) is 0 Å². The van der Waals surface area contributed by atoms with Gasteiger partial charge in [0.05, 0.1) is 11.5 Å². The van der Waals surface area contributed by atoms with E-state index in [9.17, 15) is 23.1 Å². The van der Waals surface area contributed by atoms with Gasteiger partial charge >= 0.3 is 6.18 Å². The van der Waals surface area contributed by atoms with Crippen molar-refractivity contribution in [3.63, 3.8) is 0 Å². The monoisotopic (exact) mass is 351 g/mol. The highest BCUT2D eigenvalue weighted by Gasteiger charge is 2.32. The zero-order valence-electron chi connectivity index (χ0n) is 14.0. The van der Waals surface area contributed by atoms with Gasteiger partial charge in [0, 0.05) is 6.04 Å². The minimum absolute atomic E-state index is 0.122. The van der Waals surface area contributed by atoms with Crippen LogP contribution in [0.15, 0.2) is 48.5 Å². The molecule has 0 heterocycles. The van der Waals surface area contributed by atoms with Crippen molar-refractivity contribution >= 4 is 5.91 Å². The maximum atomic E-state index is 12.9. The fourth-order valence-electron chi connectivity index (χ4n) is 2.59. The second-order valence-corrected chi connectivity index (χ2v) is 6.13. The lowest BCUT2D eigenvalue weighted by Crippen LogP contribution is -2.36. The summed E-state index contributed by atoms with van der Waals surface area (Å²) in [5.41, 5.74) is 0.205. The van der Waals surface area contributed by atoms with Gasteiger partial charge in [0.1, 0.15) is 5.75 Å². The lowest BCUT2D eigenvalue weighted by Gasteiger charge is -2.19. The van der Waals surface area contributed by atoms with Gasteiger partial charge in [0.2, 0.25) is 5.91 Å². The summed E-state index contributed by atoms with van der Waals surface area (Å²) in [7, 11) is 0. The summed E-state index contributed by atoms with van der Waals surface area (Å²) >= 11 is 0. The second-order valence-electron chi connectivity index (χ2n) is 6.13. The summed E-state index contributed by atoms with van der Waals surface area (Å²) in [6.07, 6.45) is -3.96. The first-order chi connectivity index (χ1) is 11.7. The first kappa shape index (κ1) is 18.8. The third-order valence-corrected chi connectivity index (χ3v) is 3.93. The Balaban J connectivity index is 2.08. The summed E-state index contributed by atoms with van der Waals surface area (Å²) in [6, 6.07) is 12.1. The van der Waals surface area contributed by atoms with Gasteiger partial charge in [-0.1, -0.05) is 30.3 Å². The number of hydrogen-bond acceptors (Lipinski definition) is 2. The number of amides is 1. The van der Waals surface area contributed by atoms with Crippen LogP contribution in [0.1, 0.15) is 36.5 Å². The Morgan fingerprint density at radius 2 is 1.76 bits per heavy atom. The quantitative estimate of drug-likeness (QED) is 0.846. The van der Waals surface area contributed by atoms with Crippen LogP contribution in [0.2, 0.25) is 0 Å². The van der Waals surface area contributed by atoms with Crippen molar-refractivity contribution in [2.45, 2.75) is 38.4 Å². The number of phenolic OH excluding ortho intramolecular Hbond substituents is 1. The number of halogens is 3. The fraction of sp³-hybridized carbons (Fsp3) is 0.316. The van der Waals surface area contributed by atoms with Crippen molar-refractivity contribution < 1.29 is 23.1 Å². The molecular weight excluding hydrogens is 331 g/mol. The topological polar surface area (TPSA) is 49.3 Å². The summed E-state index contributed by atoms with van der Waals surface area (Å²) in [5, 5.41) is 12.3. The van der Waals surface area contributed by atoms with Gasteiger partial charge in [-0.3, -0.25) is 4.79 Å². The van der Waals surface area contributed by atoms with Crippen molar-refractivity contribution in [3.05, 3.63) is 65.2 Å². The molecule has 0 aliphatic carbocycles. The summed E-state index contributed by atoms with van der Waals surface area (Å²) in [4.78, 5) is 12.3. The van der Waals surface area contributed by atoms with Crippen LogP contribution in [0.25, 0.3) is 0 Å². The molecule has 6 heteroatoms. The molecule has 2 atom stereocenters. The van der Waals surface area contributed by atoms with Crippen molar-refractivity contribution in [1.29, 1.82) is 0 Å². The Morgan fingerprint density at radius 1 is 1.12 bits per heavy atom. The van der Waals surface area contributed by atoms with Crippen LogP contribution >= 0.6 is 0 Å². The number of nitrogens with one attached hydrogen (secondary N) is 1. The summed E-state index contributed by atoms with van der Waals surface area (Å²) in [5.74, 6) is -1.71. The molecule has 0 fully saturated rings. The van der Waals surface area contributed by atoms with E-state index < -0.39 is 23.4 Å². The van der Waals surface area contributed by atoms with Crippen molar-refractivity contribution in [3.8, 4) is 5.75 Å². The Labute approximate surface area is 144 Å². The number of aromatic hydroxyl groups is 1. The molecular formula is C19H20F3NO2. The Bertz CT molecular complexity index is 729. The third-order valence-electron chi connectivity index (χ3n) is 3.93. The molecule has 0 aliphatic heterocycles. The second kappa shape index (κ2) is 7.59. The minimum atomic E-state index is -4.58. The molecule has 2 aromatic rings. The van der Waals surface area contributed by atoms with E-state index in [0.717, 1.165) is 11.6 Å². The molecule has 0 saturated heterocycles. The smallest absolute Gasteiger partial charge is 0.416 e. The van der Waals surface area contributed by atoms with Crippen LogP contribution in [0.5, 0.6) is 5.75 Å². The molecule has 25 heavy (non-hydrogen) atoms. The number of benzene rings is 2. The third kappa shape index (κ3) is 5.24. The number of phenols is 1. The lowest BCUT2D eigenvalue weighted by molar-refractivity contribution is -0.137. The van der Waals surface area contributed by atoms with E-state index in [1.807, 2.05) is 37.3 Å². The number of hydrogen-bond donors (Lipinski definition) is 2. The first-order valence-corrected chi connectivity index (χ1v) is 7.92. The summed E-state index contributed by atoms with van der Waals surface area (Å²) < 4.78 is 38.6. The summed E-state index contributed by atoms with van der Waals surface area (Å²) in [6.45, 7) is 3.35. The number of rotatable bonds is 5. The molecule has 2 rings (SSSR count). The average Bonchev–Trinajstić information content (AvgIpc) is 2.53. The van der Waals surface area contributed by atoms with Crippen molar-refractivity contribution in [2.24, 2.45) is 0 Å². The van der Waals surface area contributed by atoms with Gasteiger partial charge in [-0.2, -0.15) is 13.2 Å². The van der Waals surface area contributed by atoms with E-state index in [0.29, 0.717) is 12.5 Å². The molecule has 134 valence electrons. The molecule has 0 saturated carbocycles. The largest absolute Gasteiger partial charge is 0.508 e. The molecule has 0 spiro atoms. The molecule has 2 aromatic carbocycles. The Kier molecular flexibility index (Phi) is 5.72. The van der Waals surface area contributed by atoms with Crippen LogP contribution < -0.4 is 5.32 Å². The van der Waals surface area contributed by atoms with Gasteiger partial charge in [-0.15, -0.1) is 0 Å². The first-order valence-electron chi connectivity index (χ1n) is 7.92. The molecule has 1 amide bonds. The Hall–Kier alpha value is -2.50. The van der Waals surface area contributed by atoms with E-state index >= 15 is 0 Å². The van der Waals surface area contributed by atoms with E-state index in [1.165, 1.54) is 13.0 Å². The van der Waals surface area contributed by atoms with Crippen LogP contribution in [0.3, 0.4) is 0 Å². The SMILES string of the molecule is C[C@H](Cc1ccccc1)NC(=O)[C@@H](C)c1cc(O)cc(C(F)(F)F)c1. The molecule has 2 N–H and O–H groups in total. The number of carbonyl (C=O) groups excluding carboxylic acids is 1. The van der Waals surface area contributed by atoms with Crippen LogP contribution in [0.4, 0.5) is 13.2 Å². The van der Waals surface area contributed by atoms with E-state index in [2.05, 4.69) is 5.32 Å². The van der Waals surface area contributed by atoms with E-state index in [-0.39, 0.29) is 17.5 Å². The van der Waals surface area contributed by atoms with Gasteiger partial charge < -0.3 is 10.4 Å². The predicted octanol–water partition coefficient (Wildman–Crippen LogP) is 4.26. The Morgan fingerprint density at radius 3 is 2.36 bits per heavy atom. The molecule has 3 nitrogen and oxygen atoms in total. The maximum Gasteiger partial charge on any atom is 0.416 e. The van der Waals surface area contributed by atoms with Crippen LogP contribution in [0, 0.1) is 0 Å². The number of carbonyl (C=O) groups is 1. The van der Waals surface area contributed by atoms with E-state index in [4.69, 9.17) is 0 Å². The highest BCUT2D eigenvalue weighted by Crippen LogP contribution is 2.34. The van der Waals surface area contributed by atoms with Gasteiger partial charge in [-0.05, 0) is 49.6 Å². The van der Waals surface area contributed by atoms with Crippen LogP contribution in [-0.2, 0) is 17.4 Å². The highest BCUT2D eigenvalue weighted by molar-refractivity contribution is 5.83. The standard InChI is InChI=1S/C19H20F3NO2/c1-12(8-14-6-4-3-5-7-14)23-18(25)13(2)15-9-16(19(20,21)22)11-17(24)10-15/h3-7,9-13,24H,8H2,1-2H3,(H,23,25)/t12-,13+/m1/s1. The van der Waals surface area contributed by atoms with Crippen molar-refractivity contribution in [1.82, 2.24) is 5.32 Å². The number of alkyl halides is 3. The lowest BCUT2D eigenvalue weighted by atomic mass is 9.97. The van der Waals surface area contributed by atoms with Crippen LogP contribution in [-0.4, -0.2) is 17.1 Å². The zero-order chi connectivity index (χ0) is 18.6. The molecule has 0 aliphatic rings. The fourth-order valence-corrected chi connectivity index (χ4v) is 2.59. The zero-order valence-corrected chi connectivity index (χ0v) is 14.0. The predicted molar refractivity (Wildman–Crippen MR) is 89.3 cm³/mol.